The first-order chi connectivity index (χ1) is 20.2. The van der Waals surface area contributed by atoms with Gasteiger partial charge in [0.15, 0.2) is 5.96 Å². The molecule has 0 bridgehead atoms. The van der Waals surface area contributed by atoms with E-state index in [1.54, 1.807) is 30.3 Å². The molecule has 18 nitrogen and oxygen atoms in total. The molecule has 1 aromatic carbocycles. The van der Waals surface area contributed by atoms with E-state index in [0.29, 0.717) is 5.56 Å². The van der Waals surface area contributed by atoms with Gasteiger partial charge in [0.25, 0.3) is 0 Å². The van der Waals surface area contributed by atoms with Crippen molar-refractivity contribution in [2.45, 2.75) is 56.3 Å². The van der Waals surface area contributed by atoms with Crippen LogP contribution in [0.1, 0.15) is 31.2 Å². The fourth-order valence-corrected chi connectivity index (χ4v) is 3.57. The second-order valence-electron chi connectivity index (χ2n) is 9.24. The SMILES string of the molecule is NC(N)=NCCC[C@H](NC(=O)[C@@H](N)CC(=O)O)C(=O)NCC(=O)N[C@@H](CC(=O)O)C(=O)N[C@@H](Cc1ccccc1)C(=O)O. The minimum absolute atomic E-state index is 0.0438. The third kappa shape index (κ3) is 14.8. The average molecular weight is 609 g/mol. The standard InChI is InChI=1S/C25H36N8O10/c26-14(10-19(35)36)21(39)32-15(7-4-8-29-25(27)28)22(40)30-12-18(34)31-16(11-20(37)38)23(41)33-17(24(42)43)9-13-5-2-1-3-6-13/h1-3,5-6,14-17H,4,7-12,26H2,(H,30,40)(H,31,34)(H,32,39)(H,33,41)(H,35,36)(H,37,38)(H,42,43)(H4,27,28,29)/t14-,15-,16-,17-/m0/s1. The number of aliphatic imine (C=N–C) groups is 1. The second kappa shape index (κ2) is 18.2. The molecule has 0 fully saturated rings. The Morgan fingerprint density at radius 1 is 0.767 bits per heavy atom. The number of benzene rings is 1. The van der Waals surface area contributed by atoms with Crippen molar-refractivity contribution in [1.82, 2.24) is 21.3 Å². The van der Waals surface area contributed by atoms with Gasteiger partial charge in [-0.15, -0.1) is 0 Å². The van der Waals surface area contributed by atoms with Crippen LogP contribution in [0.2, 0.25) is 0 Å². The second-order valence-corrected chi connectivity index (χ2v) is 9.24. The quantitative estimate of drug-likeness (QED) is 0.0410. The highest BCUT2D eigenvalue weighted by Crippen LogP contribution is 2.05. The molecule has 0 radical (unpaired) electrons. The Bertz CT molecular complexity index is 1190. The highest BCUT2D eigenvalue weighted by atomic mass is 16.4. The highest BCUT2D eigenvalue weighted by molar-refractivity contribution is 5.95. The minimum atomic E-state index is -1.69. The first-order valence-electron chi connectivity index (χ1n) is 12.9. The van der Waals surface area contributed by atoms with Crippen LogP contribution < -0.4 is 38.5 Å². The zero-order valence-corrected chi connectivity index (χ0v) is 23.0. The molecule has 0 aliphatic heterocycles. The van der Waals surface area contributed by atoms with Crippen molar-refractivity contribution in [2.75, 3.05) is 13.1 Å². The van der Waals surface area contributed by atoms with Gasteiger partial charge in [-0.3, -0.25) is 33.8 Å². The first-order valence-corrected chi connectivity index (χ1v) is 12.9. The van der Waals surface area contributed by atoms with Gasteiger partial charge in [-0.05, 0) is 18.4 Å². The number of carboxylic acid groups (broad SMARTS) is 3. The smallest absolute Gasteiger partial charge is 0.326 e. The summed E-state index contributed by atoms with van der Waals surface area (Å²) in [7, 11) is 0. The van der Waals surface area contributed by atoms with Gasteiger partial charge in [0, 0.05) is 13.0 Å². The Morgan fingerprint density at radius 2 is 1.37 bits per heavy atom. The summed E-state index contributed by atoms with van der Waals surface area (Å²) in [6.07, 6.45) is -1.58. The summed E-state index contributed by atoms with van der Waals surface area (Å²) in [6, 6.07) is 2.44. The Kier molecular flexibility index (Phi) is 15.2. The fourth-order valence-electron chi connectivity index (χ4n) is 3.57. The van der Waals surface area contributed by atoms with Gasteiger partial charge < -0.3 is 53.8 Å². The van der Waals surface area contributed by atoms with Gasteiger partial charge in [0.05, 0.1) is 25.4 Å². The number of nitrogens with two attached hydrogens (primary N) is 3. The topological polar surface area (TPSA) is 319 Å². The van der Waals surface area contributed by atoms with E-state index in [2.05, 4.69) is 26.3 Å². The lowest BCUT2D eigenvalue weighted by Gasteiger charge is -2.22. The van der Waals surface area contributed by atoms with Crippen molar-refractivity contribution in [1.29, 1.82) is 0 Å². The summed E-state index contributed by atoms with van der Waals surface area (Å²) in [5, 5.41) is 36.4. The number of hydrogen-bond acceptors (Lipinski definition) is 9. The molecule has 4 atom stereocenters. The van der Waals surface area contributed by atoms with E-state index in [1.165, 1.54) is 0 Å². The van der Waals surface area contributed by atoms with Crippen LogP contribution in [0.25, 0.3) is 0 Å². The molecule has 43 heavy (non-hydrogen) atoms. The maximum atomic E-state index is 12.8. The Balaban J connectivity index is 2.88. The van der Waals surface area contributed by atoms with Gasteiger partial charge >= 0.3 is 17.9 Å². The molecule has 0 saturated carbocycles. The molecule has 18 heteroatoms. The molecule has 0 saturated heterocycles. The monoisotopic (exact) mass is 608 g/mol. The Morgan fingerprint density at radius 3 is 1.93 bits per heavy atom. The zero-order valence-electron chi connectivity index (χ0n) is 23.0. The van der Waals surface area contributed by atoms with Crippen molar-refractivity contribution < 1.29 is 48.9 Å². The largest absolute Gasteiger partial charge is 0.481 e. The molecule has 13 N–H and O–H groups in total. The van der Waals surface area contributed by atoms with Crippen molar-refractivity contribution in [2.24, 2.45) is 22.2 Å². The zero-order chi connectivity index (χ0) is 32.5. The average Bonchev–Trinajstić information content (AvgIpc) is 2.92. The number of rotatable bonds is 19. The molecule has 0 aromatic heterocycles. The van der Waals surface area contributed by atoms with Crippen LogP contribution in [-0.2, 0) is 40.0 Å². The molecule has 1 aromatic rings. The van der Waals surface area contributed by atoms with E-state index in [9.17, 15) is 43.8 Å². The van der Waals surface area contributed by atoms with E-state index in [0.717, 1.165) is 0 Å². The summed E-state index contributed by atoms with van der Waals surface area (Å²) < 4.78 is 0. The van der Waals surface area contributed by atoms with Crippen LogP contribution in [0, 0.1) is 0 Å². The number of carbonyl (C=O) groups is 7. The summed E-state index contributed by atoms with van der Waals surface area (Å²) in [5.41, 5.74) is 16.6. The van der Waals surface area contributed by atoms with E-state index >= 15 is 0 Å². The molecule has 236 valence electrons. The maximum absolute atomic E-state index is 12.8. The summed E-state index contributed by atoms with van der Waals surface area (Å²) in [6.45, 7) is -0.687. The van der Waals surface area contributed by atoms with Gasteiger partial charge in [-0.2, -0.15) is 0 Å². The lowest BCUT2D eigenvalue weighted by atomic mass is 10.1. The Labute approximate surface area is 245 Å². The summed E-state index contributed by atoms with van der Waals surface area (Å²) in [4.78, 5) is 87.9. The number of carbonyl (C=O) groups excluding carboxylic acids is 4. The fraction of sp³-hybridized carbons (Fsp3) is 0.440. The number of carboxylic acids is 3. The third-order valence-corrected chi connectivity index (χ3v) is 5.66. The van der Waals surface area contributed by atoms with Crippen molar-refractivity contribution >= 4 is 47.5 Å². The lowest BCUT2D eigenvalue weighted by Crippen LogP contribution is -2.55. The van der Waals surface area contributed by atoms with Crippen LogP contribution in [0.4, 0.5) is 0 Å². The molecule has 0 aliphatic rings. The van der Waals surface area contributed by atoms with Crippen molar-refractivity contribution in [3.63, 3.8) is 0 Å². The number of aliphatic carboxylic acids is 3. The van der Waals surface area contributed by atoms with E-state index in [1.807, 2.05) is 0 Å². The lowest BCUT2D eigenvalue weighted by molar-refractivity contribution is -0.143. The van der Waals surface area contributed by atoms with Gasteiger partial charge in [0.1, 0.15) is 18.1 Å². The molecule has 1 rings (SSSR count). The number of nitrogens with one attached hydrogen (secondary N) is 4. The predicted octanol–water partition coefficient (Wildman–Crippen LogP) is -3.79. The number of amides is 4. The van der Waals surface area contributed by atoms with E-state index in [4.69, 9.17) is 22.3 Å². The normalized spacial score (nSPS) is 13.2. The number of hydrogen-bond donors (Lipinski definition) is 10. The molecule has 0 aliphatic carbocycles. The predicted molar refractivity (Wildman–Crippen MR) is 149 cm³/mol. The third-order valence-electron chi connectivity index (χ3n) is 5.66. The molecule has 4 amide bonds. The van der Waals surface area contributed by atoms with Crippen LogP contribution in [0.3, 0.4) is 0 Å². The molecular weight excluding hydrogens is 572 g/mol. The van der Waals surface area contributed by atoms with Crippen molar-refractivity contribution in [3.8, 4) is 0 Å². The highest BCUT2D eigenvalue weighted by Gasteiger charge is 2.29. The number of nitrogens with zero attached hydrogens (tertiary/aromatic N) is 1. The Hall–Kier alpha value is -5.26. The van der Waals surface area contributed by atoms with E-state index < -0.39 is 85.1 Å². The first kappa shape index (κ1) is 35.8. The van der Waals surface area contributed by atoms with Crippen LogP contribution in [0.15, 0.2) is 35.3 Å². The van der Waals surface area contributed by atoms with Gasteiger partial charge in [0.2, 0.25) is 23.6 Å². The van der Waals surface area contributed by atoms with Crippen LogP contribution in [0.5, 0.6) is 0 Å². The number of guanidine groups is 1. The molecule has 0 heterocycles. The van der Waals surface area contributed by atoms with Crippen molar-refractivity contribution in [3.05, 3.63) is 35.9 Å². The van der Waals surface area contributed by atoms with Gasteiger partial charge in [-0.1, -0.05) is 30.3 Å². The molecule has 0 unspecified atom stereocenters. The van der Waals surface area contributed by atoms with Crippen LogP contribution >= 0.6 is 0 Å². The molecule has 0 spiro atoms. The molecular formula is C25H36N8O10. The maximum Gasteiger partial charge on any atom is 0.326 e. The van der Waals surface area contributed by atoms with Gasteiger partial charge in [-0.25, -0.2) is 4.79 Å². The summed E-state index contributed by atoms with van der Waals surface area (Å²) >= 11 is 0. The summed E-state index contributed by atoms with van der Waals surface area (Å²) in [5.74, 6) is -8.33. The van der Waals surface area contributed by atoms with E-state index in [-0.39, 0.29) is 31.8 Å². The minimum Gasteiger partial charge on any atom is -0.481 e. The van der Waals surface area contributed by atoms with Crippen LogP contribution in [-0.4, -0.2) is 100 Å².